The van der Waals surface area contributed by atoms with Gasteiger partial charge >= 0.3 is 0 Å². The fraction of sp³-hybridized carbons (Fsp3) is 0.143. The van der Waals surface area contributed by atoms with Crippen molar-refractivity contribution < 1.29 is 4.39 Å². The smallest absolute Gasteiger partial charge is 0.142 e. The van der Waals surface area contributed by atoms with E-state index in [1.165, 1.54) is 12.1 Å². The van der Waals surface area contributed by atoms with Gasteiger partial charge in [-0.05, 0) is 41.8 Å². The summed E-state index contributed by atoms with van der Waals surface area (Å²) in [6, 6.07) is 9.86. The highest BCUT2D eigenvalue weighted by Gasteiger charge is 2.12. The Morgan fingerprint density at radius 3 is 2.21 bits per heavy atom. The molecule has 0 radical (unpaired) electrons. The van der Waals surface area contributed by atoms with Crippen LogP contribution in [0, 0.1) is 5.82 Å². The van der Waals surface area contributed by atoms with Gasteiger partial charge in [-0.15, -0.1) is 11.6 Å². The molecule has 0 heterocycles. The molecule has 0 saturated carbocycles. The summed E-state index contributed by atoms with van der Waals surface area (Å²) in [6.45, 7) is 0. The van der Waals surface area contributed by atoms with Gasteiger partial charge < -0.3 is 0 Å². The highest BCUT2D eigenvalue weighted by molar-refractivity contribution is 6.42. The quantitative estimate of drug-likeness (QED) is 0.576. The molecule has 1 unspecified atom stereocenters. The molecule has 0 aliphatic heterocycles. The Kier molecular flexibility index (Phi) is 4.97. The normalized spacial score (nSPS) is 12.5. The van der Waals surface area contributed by atoms with Crippen LogP contribution in [0.5, 0.6) is 0 Å². The predicted octanol–water partition coefficient (Wildman–Crippen LogP) is 6.31. The standard InChI is InChI=1S/C14H9Cl4F/c15-10-3-1-8(6-13(10)18)5-12(17)9-2-4-11(16)14(19)7-9/h1-4,6-7,12H,5H2. The lowest BCUT2D eigenvalue weighted by Crippen LogP contribution is -1.97. The van der Waals surface area contributed by atoms with E-state index in [1.54, 1.807) is 18.2 Å². The van der Waals surface area contributed by atoms with Crippen molar-refractivity contribution in [3.05, 3.63) is 68.4 Å². The zero-order valence-electron chi connectivity index (χ0n) is 9.64. The van der Waals surface area contributed by atoms with Gasteiger partial charge in [0.05, 0.1) is 20.4 Å². The lowest BCUT2D eigenvalue weighted by Gasteiger charge is -2.11. The van der Waals surface area contributed by atoms with Crippen LogP contribution < -0.4 is 0 Å². The van der Waals surface area contributed by atoms with Crippen molar-refractivity contribution in [3.63, 3.8) is 0 Å². The summed E-state index contributed by atoms with van der Waals surface area (Å²) in [6.07, 6.45) is 0.527. The number of alkyl halides is 1. The molecule has 5 heteroatoms. The summed E-state index contributed by atoms with van der Waals surface area (Å²) >= 11 is 23.7. The Bertz CT molecular complexity index is 598. The largest absolute Gasteiger partial charge is 0.205 e. The third-order valence-corrected chi connectivity index (χ3v) is 4.16. The fourth-order valence-electron chi connectivity index (χ4n) is 1.70. The Hall–Kier alpha value is -0.470. The maximum absolute atomic E-state index is 13.4. The minimum atomic E-state index is -0.473. The number of halogens is 5. The molecule has 0 N–H and O–H groups in total. The van der Waals surface area contributed by atoms with Gasteiger partial charge in [-0.25, -0.2) is 4.39 Å². The summed E-state index contributed by atoms with van der Waals surface area (Å²) < 4.78 is 13.4. The second-order valence-electron chi connectivity index (χ2n) is 4.09. The monoisotopic (exact) mass is 336 g/mol. The molecule has 0 spiro atoms. The molecule has 0 saturated heterocycles. The van der Waals surface area contributed by atoms with Crippen molar-refractivity contribution >= 4 is 46.4 Å². The molecular formula is C14H9Cl4F. The van der Waals surface area contributed by atoms with Crippen molar-refractivity contribution in [2.24, 2.45) is 0 Å². The SMILES string of the molecule is Fc1cc(C(Cl)Cc2ccc(Cl)c(Cl)c2)ccc1Cl. The van der Waals surface area contributed by atoms with Crippen LogP contribution in [-0.2, 0) is 6.42 Å². The van der Waals surface area contributed by atoms with Crippen LogP contribution in [0.25, 0.3) is 0 Å². The summed E-state index contributed by atoms with van der Waals surface area (Å²) in [4.78, 5) is 0. The summed E-state index contributed by atoms with van der Waals surface area (Å²) in [5, 5.41) is 0.700. The van der Waals surface area contributed by atoms with Gasteiger partial charge in [-0.2, -0.15) is 0 Å². The zero-order chi connectivity index (χ0) is 14.0. The molecule has 1 atom stereocenters. The molecular weight excluding hydrogens is 329 g/mol. The van der Waals surface area contributed by atoms with Gasteiger partial charge in [-0.3, -0.25) is 0 Å². The zero-order valence-corrected chi connectivity index (χ0v) is 12.7. The van der Waals surface area contributed by atoms with Gasteiger partial charge in [-0.1, -0.05) is 46.9 Å². The first-order valence-corrected chi connectivity index (χ1v) is 7.07. The van der Waals surface area contributed by atoms with E-state index in [0.29, 0.717) is 22.0 Å². The lowest BCUT2D eigenvalue weighted by molar-refractivity contribution is 0.625. The second-order valence-corrected chi connectivity index (χ2v) is 5.84. The third-order valence-electron chi connectivity index (χ3n) is 2.70. The molecule has 0 aromatic heterocycles. The van der Waals surface area contributed by atoms with Gasteiger partial charge in [0.2, 0.25) is 0 Å². The van der Waals surface area contributed by atoms with Crippen LogP contribution in [-0.4, -0.2) is 0 Å². The van der Waals surface area contributed by atoms with Gasteiger partial charge in [0.1, 0.15) is 5.82 Å². The maximum Gasteiger partial charge on any atom is 0.142 e. The maximum atomic E-state index is 13.4. The summed E-state index contributed by atoms with van der Waals surface area (Å²) in [5.41, 5.74) is 1.61. The summed E-state index contributed by atoms with van der Waals surface area (Å²) in [5.74, 6) is -0.473. The number of hydrogen-bond acceptors (Lipinski definition) is 0. The average molecular weight is 338 g/mol. The lowest BCUT2D eigenvalue weighted by atomic mass is 10.0. The first-order valence-electron chi connectivity index (χ1n) is 5.50. The average Bonchev–Trinajstić information content (AvgIpc) is 2.37. The van der Waals surface area contributed by atoms with Crippen LogP contribution in [0.3, 0.4) is 0 Å². The highest BCUT2D eigenvalue weighted by Crippen LogP contribution is 2.30. The number of rotatable bonds is 3. The molecule has 0 amide bonds. The van der Waals surface area contributed by atoms with E-state index in [4.69, 9.17) is 46.4 Å². The minimum Gasteiger partial charge on any atom is -0.205 e. The van der Waals surface area contributed by atoms with Crippen LogP contribution in [0.15, 0.2) is 36.4 Å². The topological polar surface area (TPSA) is 0 Å². The number of benzene rings is 2. The molecule has 0 bridgehead atoms. The Morgan fingerprint density at radius 1 is 0.895 bits per heavy atom. The Morgan fingerprint density at radius 2 is 1.58 bits per heavy atom. The van der Waals surface area contributed by atoms with Gasteiger partial charge in [0, 0.05) is 0 Å². The molecule has 0 aliphatic rings. The highest BCUT2D eigenvalue weighted by atomic mass is 35.5. The molecule has 2 aromatic rings. The van der Waals surface area contributed by atoms with Crippen molar-refractivity contribution in [2.75, 3.05) is 0 Å². The van der Waals surface area contributed by atoms with Crippen molar-refractivity contribution in [3.8, 4) is 0 Å². The first kappa shape index (κ1) is 14.9. The van der Waals surface area contributed by atoms with E-state index in [2.05, 4.69) is 0 Å². The molecule has 2 rings (SSSR count). The van der Waals surface area contributed by atoms with E-state index in [9.17, 15) is 4.39 Å². The predicted molar refractivity (Wildman–Crippen MR) is 80.2 cm³/mol. The van der Waals surface area contributed by atoms with Crippen molar-refractivity contribution in [1.29, 1.82) is 0 Å². The molecule has 100 valence electrons. The molecule has 0 nitrogen and oxygen atoms in total. The van der Waals surface area contributed by atoms with Crippen LogP contribution in [0.4, 0.5) is 4.39 Å². The summed E-state index contributed by atoms with van der Waals surface area (Å²) in [7, 11) is 0. The first-order chi connectivity index (χ1) is 8.97. The van der Waals surface area contributed by atoms with Gasteiger partial charge in [0.15, 0.2) is 0 Å². The van der Waals surface area contributed by atoms with Crippen LogP contribution >= 0.6 is 46.4 Å². The van der Waals surface area contributed by atoms with Crippen LogP contribution in [0.2, 0.25) is 15.1 Å². The van der Waals surface area contributed by atoms with E-state index in [1.807, 2.05) is 6.07 Å². The third kappa shape index (κ3) is 3.76. The molecule has 0 fully saturated rings. The van der Waals surface area contributed by atoms with E-state index < -0.39 is 5.82 Å². The molecule has 2 aromatic carbocycles. The fourth-order valence-corrected chi connectivity index (χ4v) is 2.45. The number of hydrogen-bond donors (Lipinski definition) is 0. The second kappa shape index (κ2) is 6.32. The van der Waals surface area contributed by atoms with Gasteiger partial charge in [0.25, 0.3) is 0 Å². The van der Waals surface area contributed by atoms with Crippen molar-refractivity contribution in [2.45, 2.75) is 11.8 Å². The van der Waals surface area contributed by atoms with Crippen molar-refractivity contribution in [1.82, 2.24) is 0 Å². The van der Waals surface area contributed by atoms with E-state index in [-0.39, 0.29) is 10.4 Å². The Balaban J connectivity index is 2.17. The van der Waals surface area contributed by atoms with E-state index >= 15 is 0 Å². The van der Waals surface area contributed by atoms with Crippen LogP contribution in [0.1, 0.15) is 16.5 Å². The molecule has 0 aliphatic carbocycles. The van der Waals surface area contributed by atoms with E-state index in [0.717, 1.165) is 5.56 Å². The Labute approximate surface area is 131 Å². The minimum absolute atomic E-state index is 0.0853. The molecule has 19 heavy (non-hydrogen) atoms.